The maximum atomic E-state index is 13.0. The molecule has 38 heavy (non-hydrogen) atoms. The van der Waals surface area contributed by atoms with Gasteiger partial charge in [-0.05, 0) is 18.2 Å². The summed E-state index contributed by atoms with van der Waals surface area (Å²) < 4.78 is 5.08. The van der Waals surface area contributed by atoms with Crippen LogP contribution in [0, 0.1) is 0 Å². The molecule has 210 valence electrons. The van der Waals surface area contributed by atoms with E-state index in [1.165, 1.54) is 11.0 Å². The largest absolute Gasteiger partial charge is 0.361 e. The molecular formula is C28H39ClIN3O5. The van der Waals surface area contributed by atoms with Gasteiger partial charge in [-0.2, -0.15) is 0 Å². The van der Waals surface area contributed by atoms with Gasteiger partial charge in [0, 0.05) is 22.7 Å². The third-order valence-corrected chi connectivity index (χ3v) is 13.0. The normalized spacial score (nSPS) is 17.1. The van der Waals surface area contributed by atoms with E-state index < -0.39 is 41.1 Å². The van der Waals surface area contributed by atoms with Crippen molar-refractivity contribution in [2.45, 2.75) is 75.5 Å². The van der Waals surface area contributed by atoms with Gasteiger partial charge >= 0.3 is 165 Å². The molecule has 0 bridgehead atoms. The summed E-state index contributed by atoms with van der Waals surface area (Å²) in [4.78, 5) is 55.0. The number of aromatic amines is 1. The van der Waals surface area contributed by atoms with Crippen molar-refractivity contribution in [1.82, 2.24) is 15.2 Å². The molecule has 1 saturated heterocycles. The van der Waals surface area contributed by atoms with Gasteiger partial charge in [0.15, 0.2) is 5.43 Å². The van der Waals surface area contributed by atoms with Crippen LogP contribution in [0.3, 0.4) is 0 Å². The number of aromatic nitrogens is 1. The van der Waals surface area contributed by atoms with Crippen LogP contribution < -0.4 is 10.7 Å². The molecule has 2 atom stereocenters. The van der Waals surface area contributed by atoms with E-state index in [0.717, 1.165) is 18.4 Å². The van der Waals surface area contributed by atoms with E-state index >= 15 is 0 Å². The maximum absolute atomic E-state index is 13.0. The number of carbonyl (C=O) groups excluding carboxylic acids is 3. The van der Waals surface area contributed by atoms with Gasteiger partial charge in [-0.15, -0.1) is 0 Å². The van der Waals surface area contributed by atoms with E-state index in [0.29, 0.717) is 29.8 Å². The first-order valence-electron chi connectivity index (χ1n) is 12.5. The molecule has 2 N–H and O–H groups in total. The second-order valence-electron chi connectivity index (χ2n) is 10.3. The number of H-pyrrole nitrogens is 1. The van der Waals surface area contributed by atoms with Gasteiger partial charge in [0.05, 0.1) is 5.52 Å². The Morgan fingerprint density at radius 1 is 1.26 bits per heavy atom. The predicted molar refractivity (Wildman–Crippen MR) is 162 cm³/mol. The van der Waals surface area contributed by atoms with E-state index in [1.807, 2.05) is 32.6 Å². The number of hydrogen-bond donors (Lipinski definition) is 2. The molecular weight excluding hydrogens is 621 g/mol. The third kappa shape index (κ3) is 8.83. The molecule has 1 unspecified atom stereocenters. The average Bonchev–Trinajstić information content (AvgIpc) is 3.32. The number of allylic oxidation sites excluding steroid dienone is 1. The molecule has 2 heterocycles. The first-order valence-corrected chi connectivity index (χ1v) is 17.2. The molecule has 2 aromatic rings. The fourth-order valence-electron chi connectivity index (χ4n) is 4.01. The molecule has 10 heteroatoms. The Kier molecular flexibility index (Phi) is 11.4. The second kappa shape index (κ2) is 13.6. The number of rotatable bonds is 7. The van der Waals surface area contributed by atoms with Crippen LogP contribution in [0.2, 0.25) is 5.02 Å². The summed E-state index contributed by atoms with van der Waals surface area (Å²) in [5.74, 6) is -0.190. The van der Waals surface area contributed by atoms with Gasteiger partial charge in [-0.25, -0.2) is 0 Å². The first kappa shape index (κ1) is 31.8. The third-order valence-electron chi connectivity index (χ3n) is 6.13. The molecule has 1 fully saturated rings. The molecule has 8 nitrogen and oxygen atoms in total. The minimum Gasteiger partial charge on any atom is -0.361 e. The van der Waals surface area contributed by atoms with E-state index in [1.54, 1.807) is 37.4 Å². The van der Waals surface area contributed by atoms with Crippen molar-refractivity contribution in [3.05, 3.63) is 58.4 Å². The standard InChI is InChI=1S/C19H33IN2O4.C9H6ClNO/c1-8-9-12-19(6,20(7)14(2)23)21-16(24)15-11-10-13-22(15)17(25)26-18(3,4)5;10-6-1-2-7-8(5-6)11-4-3-9(7)12/h8,15H,1,9-13H2,2-7H3,(H,21,24);1-5H,(H,11,12)/t15?,19-;/m1./s1. The zero-order valence-corrected chi connectivity index (χ0v) is 25.9. The molecule has 0 spiro atoms. The Labute approximate surface area is 236 Å². The van der Waals surface area contributed by atoms with Crippen LogP contribution in [0.5, 0.6) is 0 Å². The fourth-order valence-corrected chi connectivity index (χ4v) is 7.65. The molecule has 2 amide bonds. The summed E-state index contributed by atoms with van der Waals surface area (Å²) in [6.45, 7) is 13.2. The first-order chi connectivity index (χ1) is 17.7. The second-order valence-corrected chi connectivity index (χ2v) is 17.4. The van der Waals surface area contributed by atoms with E-state index in [9.17, 15) is 19.2 Å². The van der Waals surface area contributed by atoms with E-state index in [-0.39, 0.29) is 15.1 Å². The minimum absolute atomic E-state index is 0.0143. The van der Waals surface area contributed by atoms with Crippen LogP contribution in [-0.2, 0) is 14.3 Å². The van der Waals surface area contributed by atoms with Crippen LogP contribution in [0.15, 0.2) is 47.9 Å². The number of amides is 2. The number of alkyl halides is 2. The number of ether oxygens (including phenoxy) is 1. The van der Waals surface area contributed by atoms with Crippen LogP contribution in [0.4, 0.5) is 4.79 Å². The molecule has 1 aliphatic heterocycles. The summed E-state index contributed by atoms with van der Waals surface area (Å²) >= 11 is 3.68. The molecule has 0 aliphatic carbocycles. The zero-order valence-electron chi connectivity index (χ0n) is 23.0. The van der Waals surface area contributed by atoms with Crippen molar-refractivity contribution < 1.29 is 19.1 Å². The summed E-state index contributed by atoms with van der Waals surface area (Å²) in [6, 6.07) is 6.12. The molecule has 3 rings (SSSR count). The number of fused-ring (bicyclic) bond motifs is 1. The van der Waals surface area contributed by atoms with Gasteiger partial charge in [0.25, 0.3) is 0 Å². The van der Waals surface area contributed by atoms with Crippen molar-refractivity contribution in [2.24, 2.45) is 0 Å². The molecule has 0 saturated carbocycles. The summed E-state index contributed by atoms with van der Waals surface area (Å²) in [5, 5.41) is 4.41. The average molecular weight is 660 g/mol. The van der Waals surface area contributed by atoms with Crippen molar-refractivity contribution in [3.63, 3.8) is 0 Å². The number of benzene rings is 1. The SMILES string of the molecule is C=CCC[C@@](C)(NC(=O)C1CCCN1C(=O)OC(C)(C)C)I(C)C(C)=O.O=c1cc[nH]c2cc(Cl)ccc12. The van der Waals surface area contributed by atoms with E-state index in [2.05, 4.69) is 16.9 Å². The van der Waals surface area contributed by atoms with Crippen molar-refractivity contribution >= 4 is 58.1 Å². The van der Waals surface area contributed by atoms with E-state index in [4.69, 9.17) is 16.3 Å². The number of halogens is 2. The Morgan fingerprint density at radius 2 is 1.95 bits per heavy atom. The summed E-state index contributed by atoms with van der Waals surface area (Å²) in [6.07, 6.45) is 5.75. The number of hydrogen-bond acceptors (Lipinski definition) is 5. The minimum atomic E-state index is -2.07. The van der Waals surface area contributed by atoms with Gasteiger partial charge in [-0.1, -0.05) is 11.6 Å². The topological polar surface area (TPSA) is 109 Å². The summed E-state index contributed by atoms with van der Waals surface area (Å²) in [7, 11) is 0. The van der Waals surface area contributed by atoms with Crippen LogP contribution in [0.25, 0.3) is 10.9 Å². The van der Waals surface area contributed by atoms with Gasteiger partial charge in [-0.3, -0.25) is 4.79 Å². The van der Waals surface area contributed by atoms with Crippen molar-refractivity contribution in [2.75, 3.05) is 11.5 Å². The number of nitrogens with one attached hydrogen (secondary N) is 2. The molecule has 1 aromatic heterocycles. The summed E-state index contributed by atoms with van der Waals surface area (Å²) in [5.41, 5.74) is 0.186. The van der Waals surface area contributed by atoms with Gasteiger partial charge < -0.3 is 4.98 Å². The quantitative estimate of drug-likeness (QED) is 0.124. The number of nitrogens with zero attached hydrogens (tertiary/aromatic N) is 1. The van der Waals surface area contributed by atoms with Crippen LogP contribution in [0.1, 0.15) is 60.3 Å². The van der Waals surface area contributed by atoms with Crippen molar-refractivity contribution in [3.8, 4) is 0 Å². The Balaban J connectivity index is 0.000000347. The van der Waals surface area contributed by atoms with Crippen LogP contribution >= 0.6 is 31.4 Å². The maximum Gasteiger partial charge on any atom is 0.189 e. The Bertz CT molecular complexity index is 1220. The van der Waals surface area contributed by atoms with Crippen LogP contribution in [-0.4, -0.2) is 52.3 Å². The number of likely N-dealkylation sites (tertiary alicyclic amines) is 1. The van der Waals surface area contributed by atoms with Gasteiger partial charge in [0.1, 0.15) is 0 Å². The molecule has 1 aliphatic rings. The van der Waals surface area contributed by atoms with Gasteiger partial charge in [0.2, 0.25) is 0 Å². The molecule has 1 aromatic carbocycles. The smallest absolute Gasteiger partial charge is 0.189 e. The monoisotopic (exact) mass is 659 g/mol. The predicted octanol–water partition coefficient (Wildman–Crippen LogP) is 6.05. The number of pyridine rings is 1. The Morgan fingerprint density at radius 3 is 2.55 bits per heavy atom. The molecule has 0 radical (unpaired) electrons. The number of carbonyl (C=O) groups is 3. The van der Waals surface area contributed by atoms with Crippen molar-refractivity contribution in [1.29, 1.82) is 0 Å². The fraction of sp³-hybridized carbons (Fsp3) is 0.500. The zero-order chi connectivity index (χ0) is 28.7. The Hall–Kier alpha value is -2.40.